The number of aromatic nitrogens is 2. The van der Waals surface area contributed by atoms with Crippen molar-refractivity contribution in [3.8, 4) is 11.6 Å². The summed E-state index contributed by atoms with van der Waals surface area (Å²) in [4.78, 5) is 29.3. The Balaban J connectivity index is 1.86. The minimum atomic E-state index is -0.768. The van der Waals surface area contributed by atoms with E-state index in [-0.39, 0.29) is 29.1 Å². The molecule has 2 N–H and O–H groups in total. The molecule has 1 aromatic heterocycles. The third-order valence-electron chi connectivity index (χ3n) is 4.55. The van der Waals surface area contributed by atoms with Gasteiger partial charge in [-0.15, -0.1) is 0 Å². The van der Waals surface area contributed by atoms with Crippen molar-refractivity contribution < 1.29 is 23.4 Å². The standard InChI is InChI=1S/C22H20BrF2N3O4/c1-12-3-4-14(20(30)26-9-13(2)29)7-18(12)28-11-27-21(19(23)22(28)31)32-10-15-5-6-16(24)8-17(15)25/h3-8,11,13,29H,9-10H2,1-2H3,(H,26,30). The number of ether oxygens (including phenoxy) is 1. The number of hydrogen-bond donors (Lipinski definition) is 2. The largest absolute Gasteiger partial charge is 0.472 e. The summed E-state index contributed by atoms with van der Waals surface area (Å²) in [5.74, 6) is -1.92. The van der Waals surface area contributed by atoms with Gasteiger partial charge in [-0.1, -0.05) is 6.07 Å². The van der Waals surface area contributed by atoms with Gasteiger partial charge in [0.2, 0.25) is 5.88 Å². The summed E-state index contributed by atoms with van der Waals surface area (Å²) in [6, 6.07) is 7.93. The van der Waals surface area contributed by atoms with Crippen LogP contribution in [0, 0.1) is 18.6 Å². The number of carbonyl (C=O) groups excluding carboxylic acids is 1. The molecule has 1 amide bonds. The normalized spacial score (nSPS) is 11.8. The van der Waals surface area contributed by atoms with E-state index in [2.05, 4.69) is 26.2 Å². The Kier molecular flexibility index (Phi) is 7.37. The third kappa shape index (κ3) is 5.38. The Labute approximate surface area is 190 Å². The number of halogens is 3. The minimum absolute atomic E-state index is 0.00544. The van der Waals surface area contributed by atoms with E-state index >= 15 is 0 Å². The second kappa shape index (κ2) is 10.0. The summed E-state index contributed by atoms with van der Waals surface area (Å²) >= 11 is 3.16. The lowest BCUT2D eigenvalue weighted by molar-refractivity contribution is 0.0924. The lowest BCUT2D eigenvalue weighted by Crippen LogP contribution is -2.30. The maximum atomic E-state index is 13.8. The SMILES string of the molecule is Cc1ccc(C(=O)NCC(C)O)cc1-n1cnc(OCc2ccc(F)cc2F)c(Br)c1=O. The first kappa shape index (κ1) is 23.6. The Morgan fingerprint density at radius 1 is 1.28 bits per heavy atom. The molecule has 0 saturated carbocycles. The fraction of sp³-hybridized carbons (Fsp3) is 0.227. The molecule has 3 rings (SSSR count). The molecule has 0 aliphatic carbocycles. The fourth-order valence-electron chi connectivity index (χ4n) is 2.83. The second-order valence-corrected chi connectivity index (χ2v) is 7.92. The fourth-order valence-corrected chi connectivity index (χ4v) is 3.23. The first-order valence-electron chi connectivity index (χ1n) is 9.58. The van der Waals surface area contributed by atoms with Gasteiger partial charge in [0, 0.05) is 23.7 Å². The van der Waals surface area contributed by atoms with E-state index in [0.717, 1.165) is 17.7 Å². The Bertz CT molecular complexity index is 1210. The van der Waals surface area contributed by atoms with Gasteiger partial charge in [-0.25, -0.2) is 13.8 Å². The molecule has 0 spiro atoms. The van der Waals surface area contributed by atoms with Crippen LogP contribution in [0.15, 0.2) is 52.0 Å². The number of aryl methyl sites for hydroxylation is 1. The average molecular weight is 508 g/mol. The molecule has 7 nitrogen and oxygen atoms in total. The zero-order valence-corrected chi connectivity index (χ0v) is 18.8. The molecule has 0 radical (unpaired) electrons. The third-order valence-corrected chi connectivity index (χ3v) is 5.23. The van der Waals surface area contributed by atoms with Crippen molar-refractivity contribution in [2.45, 2.75) is 26.6 Å². The van der Waals surface area contributed by atoms with Gasteiger partial charge < -0.3 is 15.2 Å². The van der Waals surface area contributed by atoms with Crippen molar-refractivity contribution in [1.29, 1.82) is 0 Å². The summed E-state index contributed by atoms with van der Waals surface area (Å²) < 4.78 is 33.5. The molecular weight excluding hydrogens is 488 g/mol. The lowest BCUT2D eigenvalue weighted by Gasteiger charge is -2.14. The molecule has 0 saturated heterocycles. The summed E-state index contributed by atoms with van der Waals surface area (Å²) in [5.41, 5.74) is 1.07. The molecule has 3 aromatic rings. The van der Waals surface area contributed by atoms with E-state index in [9.17, 15) is 23.5 Å². The number of nitrogens with one attached hydrogen (secondary N) is 1. The predicted octanol–water partition coefficient (Wildman–Crippen LogP) is 3.27. The van der Waals surface area contributed by atoms with Crippen LogP contribution in [0.1, 0.15) is 28.4 Å². The Morgan fingerprint density at radius 2 is 2.03 bits per heavy atom. The summed E-state index contributed by atoms with van der Waals surface area (Å²) in [5, 5.41) is 11.9. The van der Waals surface area contributed by atoms with Crippen LogP contribution >= 0.6 is 15.9 Å². The van der Waals surface area contributed by atoms with Crippen molar-refractivity contribution in [2.24, 2.45) is 0 Å². The molecule has 10 heteroatoms. The smallest absolute Gasteiger partial charge is 0.276 e. The van der Waals surface area contributed by atoms with Crippen molar-refractivity contribution in [2.75, 3.05) is 6.54 Å². The summed E-state index contributed by atoms with van der Waals surface area (Å²) in [7, 11) is 0. The van der Waals surface area contributed by atoms with Crippen LogP contribution in [0.25, 0.3) is 5.69 Å². The molecule has 0 aliphatic rings. The van der Waals surface area contributed by atoms with E-state index in [4.69, 9.17) is 4.74 Å². The van der Waals surface area contributed by atoms with Crippen LogP contribution in [0.5, 0.6) is 5.88 Å². The van der Waals surface area contributed by atoms with Crippen molar-refractivity contribution in [1.82, 2.24) is 14.9 Å². The minimum Gasteiger partial charge on any atom is -0.472 e. The maximum absolute atomic E-state index is 13.8. The predicted molar refractivity (Wildman–Crippen MR) is 117 cm³/mol. The highest BCUT2D eigenvalue weighted by molar-refractivity contribution is 9.10. The molecule has 2 aromatic carbocycles. The molecule has 168 valence electrons. The van der Waals surface area contributed by atoms with Gasteiger partial charge in [0.05, 0.1) is 11.8 Å². The molecule has 32 heavy (non-hydrogen) atoms. The van der Waals surface area contributed by atoms with Crippen LogP contribution < -0.4 is 15.6 Å². The van der Waals surface area contributed by atoms with Crippen LogP contribution in [-0.2, 0) is 6.61 Å². The zero-order chi connectivity index (χ0) is 23.4. The van der Waals surface area contributed by atoms with E-state index in [1.165, 1.54) is 23.0 Å². The molecule has 1 heterocycles. The number of benzene rings is 2. The van der Waals surface area contributed by atoms with Crippen molar-refractivity contribution in [3.63, 3.8) is 0 Å². The van der Waals surface area contributed by atoms with Gasteiger partial charge in [-0.2, -0.15) is 0 Å². The Hall–Kier alpha value is -3.11. The summed E-state index contributed by atoms with van der Waals surface area (Å²) in [6.07, 6.45) is 0.547. The first-order chi connectivity index (χ1) is 15.2. The number of nitrogens with zero attached hydrogens (tertiary/aromatic N) is 2. The van der Waals surface area contributed by atoms with Crippen molar-refractivity contribution >= 4 is 21.8 Å². The van der Waals surface area contributed by atoms with E-state index < -0.39 is 29.2 Å². The van der Waals surface area contributed by atoms with Gasteiger partial charge in [-0.05, 0) is 59.6 Å². The number of hydrogen-bond acceptors (Lipinski definition) is 5. The van der Waals surface area contributed by atoms with Gasteiger partial charge in [0.15, 0.2) is 0 Å². The van der Waals surface area contributed by atoms with Crippen molar-refractivity contribution in [3.05, 3.63) is 85.9 Å². The number of amides is 1. The van der Waals surface area contributed by atoms with Crippen LogP contribution in [0.4, 0.5) is 8.78 Å². The highest BCUT2D eigenvalue weighted by atomic mass is 79.9. The molecule has 0 bridgehead atoms. The molecule has 1 atom stereocenters. The van der Waals surface area contributed by atoms with Gasteiger partial charge in [-0.3, -0.25) is 14.2 Å². The van der Waals surface area contributed by atoms with Gasteiger partial charge >= 0.3 is 0 Å². The Morgan fingerprint density at radius 3 is 2.72 bits per heavy atom. The second-order valence-electron chi connectivity index (χ2n) is 7.12. The monoisotopic (exact) mass is 507 g/mol. The van der Waals surface area contributed by atoms with E-state index in [0.29, 0.717) is 11.3 Å². The highest BCUT2D eigenvalue weighted by Crippen LogP contribution is 2.22. The quantitative estimate of drug-likeness (QED) is 0.511. The molecule has 1 unspecified atom stereocenters. The zero-order valence-electron chi connectivity index (χ0n) is 17.2. The van der Waals surface area contributed by atoms with Crippen LogP contribution in [0.2, 0.25) is 0 Å². The molecular formula is C22H20BrF2N3O4. The number of aliphatic hydroxyl groups excluding tert-OH is 1. The number of carbonyl (C=O) groups is 1. The van der Waals surface area contributed by atoms with Crippen LogP contribution in [0.3, 0.4) is 0 Å². The molecule has 0 aliphatic heterocycles. The number of aliphatic hydroxyl groups is 1. The number of rotatable bonds is 7. The first-order valence-corrected chi connectivity index (χ1v) is 10.4. The highest BCUT2D eigenvalue weighted by Gasteiger charge is 2.16. The average Bonchev–Trinajstić information content (AvgIpc) is 2.75. The topological polar surface area (TPSA) is 93.5 Å². The van der Waals surface area contributed by atoms with Crippen LogP contribution in [-0.4, -0.2) is 33.2 Å². The molecule has 0 fully saturated rings. The maximum Gasteiger partial charge on any atom is 0.276 e. The van der Waals surface area contributed by atoms with Gasteiger partial charge in [0.25, 0.3) is 11.5 Å². The van der Waals surface area contributed by atoms with Gasteiger partial charge in [0.1, 0.15) is 29.0 Å². The summed E-state index contributed by atoms with van der Waals surface area (Å²) in [6.45, 7) is 3.17. The van der Waals surface area contributed by atoms with E-state index in [1.54, 1.807) is 26.0 Å². The lowest BCUT2D eigenvalue weighted by atomic mass is 10.1. The van der Waals surface area contributed by atoms with E-state index in [1.807, 2.05) is 0 Å².